The van der Waals surface area contributed by atoms with Crippen LogP contribution < -0.4 is 0 Å². The molecule has 0 atom stereocenters. The van der Waals surface area contributed by atoms with Crippen LogP contribution in [0.4, 0.5) is 0 Å². The zero-order valence-corrected chi connectivity index (χ0v) is 13.8. The van der Waals surface area contributed by atoms with E-state index in [1.807, 2.05) is 48.3 Å². The molecule has 0 aliphatic heterocycles. The van der Waals surface area contributed by atoms with Crippen LogP contribution in [-0.2, 0) is 0 Å². The molecule has 5 heteroatoms. The Bertz CT molecular complexity index is 950. The molecule has 3 aromatic rings. The highest BCUT2D eigenvalue weighted by Gasteiger charge is 2.11. The van der Waals surface area contributed by atoms with Gasteiger partial charge in [0.15, 0.2) is 0 Å². The number of rotatable bonds is 5. The first kappa shape index (κ1) is 15.8. The van der Waals surface area contributed by atoms with E-state index in [-0.39, 0.29) is 0 Å². The van der Waals surface area contributed by atoms with Crippen molar-refractivity contribution in [3.8, 4) is 11.8 Å². The van der Waals surface area contributed by atoms with E-state index < -0.39 is 0 Å². The van der Waals surface area contributed by atoms with E-state index in [0.29, 0.717) is 6.42 Å². The second kappa shape index (κ2) is 6.97. The molecule has 3 aromatic heterocycles. The lowest BCUT2D eigenvalue weighted by Gasteiger charge is -2.02. The molecule has 5 nitrogen and oxygen atoms in total. The number of aryl methyl sites for hydroxylation is 1. The summed E-state index contributed by atoms with van der Waals surface area (Å²) in [5.74, 6) is 0. The summed E-state index contributed by atoms with van der Waals surface area (Å²) < 4.78 is 1.89. The zero-order chi connectivity index (χ0) is 16.9. The molecule has 0 amide bonds. The first-order chi connectivity index (χ1) is 11.7. The van der Waals surface area contributed by atoms with E-state index in [0.717, 1.165) is 40.0 Å². The fourth-order valence-corrected chi connectivity index (χ4v) is 2.74. The summed E-state index contributed by atoms with van der Waals surface area (Å²) in [5, 5.41) is 14.4. The predicted molar refractivity (Wildman–Crippen MR) is 95.6 cm³/mol. The molecule has 0 aliphatic carbocycles. The fraction of sp³-hybridized carbons (Fsp3) is 0.211. The number of pyridine rings is 1. The van der Waals surface area contributed by atoms with Crippen LogP contribution in [0, 0.1) is 18.3 Å². The Kier molecular flexibility index (Phi) is 4.57. The predicted octanol–water partition coefficient (Wildman–Crippen LogP) is 4.32. The van der Waals surface area contributed by atoms with Crippen LogP contribution in [0.3, 0.4) is 0 Å². The number of nitrogens with zero attached hydrogens (tertiary/aromatic N) is 4. The van der Waals surface area contributed by atoms with Crippen LogP contribution in [0.2, 0.25) is 0 Å². The van der Waals surface area contributed by atoms with E-state index >= 15 is 0 Å². The van der Waals surface area contributed by atoms with E-state index in [4.69, 9.17) is 5.26 Å². The van der Waals surface area contributed by atoms with Crippen LogP contribution in [0.1, 0.15) is 31.0 Å². The standard InChI is InChI=1S/C19H19N5/c1-3-6-15(7-4-5-10-20)17-13-24(23-14(17)2)18-9-12-22-19-16(18)8-11-21-19/h4,6-9,11-13H,3,5H2,1-2H3,(H,21,22)/b7-4-,15-6+. The molecule has 0 aromatic carbocycles. The highest BCUT2D eigenvalue weighted by Crippen LogP contribution is 2.25. The average Bonchev–Trinajstić information content (AvgIpc) is 3.20. The van der Waals surface area contributed by atoms with E-state index in [2.05, 4.69) is 34.1 Å². The minimum absolute atomic E-state index is 0.405. The van der Waals surface area contributed by atoms with Gasteiger partial charge in [-0.25, -0.2) is 9.67 Å². The van der Waals surface area contributed by atoms with Gasteiger partial charge in [0.1, 0.15) is 5.65 Å². The maximum absolute atomic E-state index is 8.72. The molecule has 0 radical (unpaired) electrons. The summed E-state index contributed by atoms with van der Waals surface area (Å²) >= 11 is 0. The molecule has 0 saturated carbocycles. The Morgan fingerprint density at radius 1 is 1.42 bits per heavy atom. The third-order valence-electron chi connectivity index (χ3n) is 3.82. The molecular weight excluding hydrogens is 298 g/mol. The molecule has 3 rings (SSSR count). The Balaban J connectivity index is 2.05. The van der Waals surface area contributed by atoms with Gasteiger partial charge in [-0.3, -0.25) is 0 Å². The van der Waals surface area contributed by atoms with E-state index in [1.54, 1.807) is 6.20 Å². The lowest BCUT2D eigenvalue weighted by molar-refractivity contribution is 0.868. The lowest BCUT2D eigenvalue weighted by Crippen LogP contribution is -1.96. The molecule has 0 saturated heterocycles. The van der Waals surface area contributed by atoms with Gasteiger partial charge in [-0.05, 0) is 31.1 Å². The highest BCUT2D eigenvalue weighted by molar-refractivity contribution is 5.85. The van der Waals surface area contributed by atoms with Gasteiger partial charge < -0.3 is 4.98 Å². The van der Waals surface area contributed by atoms with Crippen molar-refractivity contribution in [2.75, 3.05) is 0 Å². The third kappa shape index (κ3) is 2.99. The number of hydrogen-bond acceptors (Lipinski definition) is 3. The number of hydrogen-bond donors (Lipinski definition) is 1. The first-order valence-corrected chi connectivity index (χ1v) is 7.97. The molecule has 3 heterocycles. The summed E-state index contributed by atoms with van der Waals surface area (Å²) in [6, 6.07) is 6.10. The Labute approximate surface area is 141 Å². The number of fused-ring (bicyclic) bond motifs is 1. The molecule has 24 heavy (non-hydrogen) atoms. The van der Waals surface area contributed by atoms with Crippen LogP contribution in [0.25, 0.3) is 22.3 Å². The van der Waals surface area contributed by atoms with Crippen molar-refractivity contribution >= 4 is 16.6 Å². The van der Waals surface area contributed by atoms with Gasteiger partial charge in [0.25, 0.3) is 0 Å². The van der Waals surface area contributed by atoms with Crippen LogP contribution in [-0.4, -0.2) is 19.7 Å². The van der Waals surface area contributed by atoms with Gasteiger partial charge in [0, 0.05) is 29.5 Å². The minimum Gasteiger partial charge on any atom is -0.346 e. The quantitative estimate of drug-likeness (QED) is 0.712. The van der Waals surface area contributed by atoms with Crippen molar-refractivity contribution in [1.82, 2.24) is 19.7 Å². The van der Waals surface area contributed by atoms with Gasteiger partial charge in [-0.2, -0.15) is 10.4 Å². The largest absolute Gasteiger partial charge is 0.346 e. The van der Waals surface area contributed by atoms with Crippen molar-refractivity contribution < 1.29 is 0 Å². The van der Waals surface area contributed by atoms with Crippen molar-refractivity contribution in [3.05, 3.63) is 60.2 Å². The topological polar surface area (TPSA) is 70.3 Å². The Hall–Kier alpha value is -3.13. The number of allylic oxidation sites excluding steroid dienone is 4. The van der Waals surface area contributed by atoms with Gasteiger partial charge in [-0.1, -0.05) is 25.2 Å². The first-order valence-electron chi connectivity index (χ1n) is 7.97. The van der Waals surface area contributed by atoms with Crippen molar-refractivity contribution in [2.45, 2.75) is 26.7 Å². The average molecular weight is 317 g/mol. The summed E-state index contributed by atoms with van der Waals surface area (Å²) in [7, 11) is 0. The second-order valence-electron chi connectivity index (χ2n) is 5.48. The molecule has 0 bridgehead atoms. The summed E-state index contributed by atoms with van der Waals surface area (Å²) in [5.41, 5.74) is 4.96. The molecule has 1 N–H and O–H groups in total. The maximum Gasteiger partial charge on any atom is 0.139 e. The lowest BCUT2D eigenvalue weighted by atomic mass is 10.1. The maximum atomic E-state index is 8.72. The molecule has 0 fully saturated rings. The summed E-state index contributed by atoms with van der Waals surface area (Å²) in [6.07, 6.45) is 13.1. The van der Waals surface area contributed by atoms with E-state index in [9.17, 15) is 0 Å². The number of aromatic nitrogens is 4. The van der Waals surface area contributed by atoms with Crippen molar-refractivity contribution in [3.63, 3.8) is 0 Å². The monoisotopic (exact) mass is 317 g/mol. The fourth-order valence-electron chi connectivity index (χ4n) is 2.74. The van der Waals surface area contributed by atoms with Crippen LogP contribution in [0.5, 0.6) is 0 Å². The van der Waals surface area contributed by atoms with Gasteiger partial charge in [0.2, 0.25) is 0 Å². The van der Waals surface area contributed by atoms with Gasteiger partial charge in [0.05, 0.1) is 23.9 Å². The van der Waals surface area contributed by atoms with Crippen LogP contribution in [0.15, 0.2) is 49.0 Å². The molecule has 120 valence electrons. The molecule has 0 unspecified atom stereocenters. The Morgan fingerprint density at radius 2 is 2.29 bits per heavy atom. The van der Waals surface area contributed by atoms with Crippen LogP contribution >= 0.6 is 0 Å². The minimum atomic E-state index is 0.405. The molecular formula is C19H19N5. The van der Waals surface area contributed by atoms with Crippen molar-refractivity contribution in [2.24, 2.45) is 0 Å². The van der Waals surface area contributed by atoms with E-state index in [1.165, 1.54) is 0 Å². The number of nitriles is 1. The number of H-pyrrole nitrogens is 1. The highest BCUT2D eigenvalue weighted by atomic mass is 15.3. The van der Waals surface area contributed by atoms with Crippen molar-refractivity contribution in [1.29, 1.82) is 5.26 Å². The zero-order valence-electron chi connectivity index (χ0n) is 13.8. The second-order valence-corrected chi connectivity index (χ2v) is 5.48. The molecule has 0 spiro atoms. The smallest absolute Gasteiger partial charge is 0.139 e. The summed E-state index contributed by atoms with van der Waals surface area (Å²) in [4.78, 5) is 7.44. The number of nitrogens with one attached hydrogen (secondary N) is 1. The van der Waals surface area contributed by atoms with Gasteiger partial charge in [-0.15, -0.1) is 0 Å². The number of aromatic amines is 1. The third-order valence-corrected chi connectivity index (χ3v) is 3.82. The SMILES string of the molecule is CC/C=C(\C=C/CC#N)c1cn(-c2ccnc3[nH]ccc23)nc1C. The van der Waals surface area contributed by atoms with Gasteiger partial charge >= 0.3 is 0 Å². The summed E-state index contributed by atoms with van der Waals surface area (Å²) in [6.45, 7) is 4.10. The normalized spacial score (nSPS) is 12.1. The molecule has 0 aliphatic rings. The Morgan fingerprint density at radius 3 is 3.08 bits per heavy atom.